The van der Waals surface area contributed by atoms with Crippen LogP contribution in [0, 0.1) is 20.8 Å². The molecular formula is C37H46N12O3. The van der Waals surface area contributed by atoms with E-state index in [1.807, 2.05) is 94.2 Å². The molecule has 15 heteroatoms. The van der Waals surface area contributed by atoms with Gasteiger partial charge in [-0.05, 0) is 104 Å². The van der Waals surface area contributed by atoms with Gasteiger partial charge in [-0.1, -0.05) is 12.1 Å². The van der Waals surface area contributed by atoms with Gasteiger partial charge in [-0.25, -0.2) is 9.97 Å². The van der Waals surface area contributed by atoms with Crippen molar-refractivity contribution in [3.05, 3.63) is 76.9 Å². The molecule has 0 unspecified atom stereocenters. The van der Waals surface area contributed by atoms with E-state index in [0.717, 1.165) is 39.9 Å². The maximum absolute atomic E-state index is 13.6. The molecule has 0 radical (unpaired) electrons. The van der Waals surface area contributed by atoms with E-state index in [-0.39, 0.29) is 24.3 Å². The predicted octanol–water partition coefficient (Wildman–Crippen LogP) is 5.23. The lowest BCUT2D eigenvalue weighted by atomic mass is 10.2. The highest BCUT2D eigenvalue weighted by atomic mass is 16.2. The van der Waals surface area contributed by atoms with E-state index < -0.39 is 0 Å². The summed E-state index contributed by atoms with van der Waals surface area (Å²) in [6, 6.07) is 15.2. The monoisotopic (exact) mass is 706 g/mol. The van der Waals surface area contributed by atoms with Crippen molar-refractivity contribution in [3.63, 3.8) is 0 Å². The van der Waals surface area contributed by atoms with Crippen molar-refractivity contribution in [1.82, 2.24) is 43.6 Å². The fourth-order valence-corrected chi connectivity index (χ4v) is 6.42. The van der Waals surface area contributed by atoms with Crippen LogP contribution in [0.3, 0.4) is 0 Å². The average molecular weight is 707 g/mol. The Labute approximate surface area is 302 Å². The summed E-state index contributed by atoms with van der Waals surface area (Å²) in [6.07, 6.45) is 1.43. The SMILES string of the molecule is CCn1nc(C)cc1C(=O)Nc1nc2cc(C)ccc2n1CCCCn1c(NC(=O)c2cc(C)nn2CC)nc2c(NC(=O)CN(C)C)cccc21. The maximum Gasteiger partial charge on any atom is 0.276 e. The van der Waals surface area contributed by atoms with Gasteiger partial charge in [-0.2, -0.15) is 10.2 Å². The molecule has 6 aromatic rings. The van der Waals surface area contributed by atoms with Crippen LogP contribution in [0.15, 0.2) is 48.5 Å². The van der Waals surface area contributed by atoms with Gasteiger partial charge < -0.3 is 19.4 Å². The number of hydrogen-bond donors (Lipinski definition) is 3. The highest BCUT2D eigenvalue weighted by Crippen LogP contribution is 2.28. The second-order valence-electron chi connectivity index (χ2n) is 13.2. The number of aryl methyl sites for hydroxylation is 7. The van der Waals surface area contributed by atoms with Gasteiger partial charge in [-0.3, -0.25) is 34.4 Å². The summed E-state index contributed by atoms with van der Waals surface area (Å²) in [4.78, 5) is 51.2. The molecule has 272 valence electrons. The number of carbonyl (C=O) groups is 3. The standard InChI is InChI=1S/C37H46N12O3/c1-8-48-30(20-24(4)43-48)34(51)41-36-39-27-19-23(3)15-16-28(27)46(36)17-10-11-18-47-29-14-12-13-26(38-32(50)22-45(6)7)33(29)40-37(47)42-35(52)31-21-25(5)44-49(31)9-2/h12-16,19-21H,8-11,17-18,22H2,1-7H3,(H,38,50)(H,39,41,51)(H,40,42,52). The number of anilines is 3. The van der Waals surface area contributed by atoms with Crippen molar-refractivity contribution in [3.8, 4) is 0 Å². The fraction of sp³-hybridized carbons (Fsp3) is 0.378. The van der Waals surface area contributed by atoms with Crippen molar-refractivity contribution in [2.24, 2.45) is 0 Å². The predicted molar refractivity (Wildman–Crippen MR) is 202 cm³/mol. The number of para-hydroxylation sites is 1. The summed E-state index contributed by atoms with van der Waals surface area (Å²) in [7, 11) is 3.66. The number of likely N-dealkylation sites (N-methyl/N-ethyl adjacent to an activating group) is 1. The summed E-state index contributed by atoms with van der Waals surface area (Å²) in [5, 5.41) is 17.9. The molecule has 2 aromatic carbocycles. The van der Waals surface area contributed by atoms with E-state index >= 15 is 0 Å². The van der Waals surface area contributed by atoms with E-state index in [2.05, 4.69) is 26.1 Å². The first-order chi connectivity index (χ1) is 24.9. The van der Waals surface area contributed by atoms with Crippen LogP contribution in [0.25, 0.3) is 22.1 Å². The second-order valence-corrected chi connectivity index (χ2v) is 13.2. The number of rotatable bonds is 14. The summed E-state index contributed by atoms with van der Waals surface area (Å²) in [6.45, 7) is 12.1. The minimum atomic E-state index is -0.322. The first-order valence-electron chi connectivity index (χ1n) is 17.6. The van der Waals surface area contributed by atoms with Gasteiger partial charge in [0.2, 0.25) is 17.8 Å². The Morgan fingerprint density at radius 3 is 1.87 bits per heavy atom. The molecule has 4 aromatic heterocycles. The maximum atomic E-state index is 13.6. The van der Waals surface area contributed by atoms with Crippen LogP contribution in [-0.4, -0.2) is 81.9 Å². The lowest BCUT2D eigenvalue weighted by Crippen LogP contribution is -2.27. The van der Waals surface area contributed by atoms with Crippen LogP contribution in [0.5, 0.6) is 0 Å². The number of nitrogens with zero attached hydrogens (tertiary/aromatic N) is 9. The van der Waals surface area contributed by atoms with Crippen LogP contribution in [0.1, 0.15) is 64.6 Å². The number of imidazole rings is 2. The van der Waals surface area contributed by atoms with Crippen molar-refractivity contribution in [2.75, 3.05) is 36.6 Å². The quantitative estimate of drug-likeness (QED) is 0.130. The highest BCUT2D eigenvalue weighted by Gasteiger charge is 2.21. The summed E-state index contributed by atoms with van der Waals surface area (Å²) in [5.41, 5.74) is 7.14. The fourth-order valence-electron chi connectivity index (χ4n) is 6.42. The van der Waals surface area contributed by atoms with Crippen LogP contribution >= 0.6 is 0 Å². The molecule has 4 heterocycles. The Balaban J connectivity index is 1.27. The van der Waals surface area contributed by atoms with Crippen LogP contribution in [0.2, 0.25) is 0 Å². The Morgan fingerprint density at radius 1 is 0.712 bits per heavy atom. The number of amides is 3. The number of aromatic nitrogens is 8. The van der Waals surface area contributed by atoms with Gasteiger partial charge in [0.25, 0.3) is 11.8 Å². The number of hydrogen-bond acceptors (Lipinski definition) is 8. The van der Waals surface area contributed by atoms with E-state index in [4.69, 9.17) is 9.97 Å². The molecule has 0 saturated carbocycles. The van der Waals surface area contributed by atoms with Gasteiger partial charge in [-0.15, -0.1) is 0 Å². The normalized spacial score (nSPS) is 11.5. The third-order valence-electron chi connectivity index (χ3n) is 8.75. The van der Waals surface area contributed by atoms with E-state index in [9.17, 15) is 14.4 Å². The summed E-state index contributed by atoms with van der Waals surface area (Å²) in [5.74, 6) is 0.0792. The lowest BCUT2D eigenvalue weighted by Gasteiger charge is -2.13. The zero-order valence-electron chi connectivity index (χ0n) is 30.8. The molecule has 0 aliphatic carbocycles. The van der Waals surface area contributed by atoms with Gasteiger partial charge >= 0.3 is 0 Å². The van der Waals surface area contributed by atoms with Gasteiger partial charge in [0.05, 0.1) is 40.2 Å². The number of fused-ring (bicyclic) bond motifs is 2. The Bertz CT molecular complexity index is 2270. The first-order valence-corrected chi connectivity index (χ1v) is 17.6. The van der Waals surface area contributed by atoms with Crippen molar-refractivity contribution in [1.29, 1.82) is 0 Å². The molecule has 3 N–H and O–H groups in total. The zero-order chi connectivity index (χ0) is 37.1. The number of benzene rings is 2. The van der Waals surface area contributed by atoms with E-state index in [1.54, 1.807) is 26.4 Å². The van der Waals surface area contributed by atoms with E-state index in [0.29, 0.717) is 67.1 Å². The number of carbonyl (C=O) groups excluding carboxylic acids is 3. The molecule has 0 aliphatic rings. The van der Waals surface area contributed by atoms with Gasteiger partial charge in [0.15, 0.2) is 0 Å². The lowest BCUT2D eigenvalue weighted by molar-refractivity contribution is -0.116. The molecule has 52 heavy (non-hydrogen) atoms. The van der Waals surface area contributed by atoms with Crippen molar-refractivity contribution < 1.29 is 14.4 Å². The molecule has 0 bridgehead atoms. The summed E-state index contributed by atoms with van der Waals surface area (Å²) < 4.78 is 7.35. The third-order valence-corrected chi connectivity index (χ3v) is 8.75. The van der Waals surface area contributed by atoms with Gasteiger partial charge in [0.1, 0.15) is 16.9 Å². The van der Waals surface area contributed by atoms with E-state index in [1.165, 1.54) is 0 Å². The molecule has 15 nitrogen and oxygen atoms in total. The molecule has 0 atom stereocenters. The molecule has 0 fully saturated rings. The smallest absolute Gasteiger partial charge is 0.276 e. The minimum Gasteiger partial charge on any atom is -0.323 e. The van der Waals surface area contributed by atoms with Crippen molar-refractivity contribution in [2.45, 2.75) is 73.6 Å². The Morgan fingerprint density at radius 2 is 1.29 bits per heavy atom. The van der Waals surface area contributed by atoms with Crippen LogP contribution in [-0.2, 0) is 31.0 Å². The molecule has 0 spiro atoms. The number of nitrogens with one attached hydrogen (secondary N) is 3. The average Bonchev–Trinajstić information content (AvgIpc) is 3.85. The molecule has 3 amide bonds. The largest absolute Gasteiger partial charge is 0.323 e. The summed E-state index contributed by atoms with van der Waals surface area (Å²) >= 11 is 0. The third kappa shape index (κ3) is 7.59. The highest BCUT2D eigenvalue weighted by molar-refractivity contribution is 6.05. The Hall–Kier alpha value is -5.83. The topological polar surface area (TPSA) is 162 Å². The minimum absolute atomic E-state index is 0.167. The van der Waals surface area contributed by atoms with Gasteiger partial charge in [0, 0.05) is 26.2 Å². The molecule has 0 saturated heterocycles. The van der Waals surface area contributed by atoms with Crippen LogP contribution in [0.4, 0.5) is 17.6 Å². The first kappa shape index (κ1) is 36.0. The number of unbranched alkanes of at least 4 members (excludes halogenated alkanes) is 1. The zero-order valence-corrected chi connectivity index (χ0v) is 30.8. The molecule has 0 aliphatic heterocycles. The second kappa shape index (κ2) is 15.2. The molecule has 6 rings (SSSR count). The van der Waals surface area contributed by atoms with Crippen molar-refractivity contribution >= 4 is 57.4 Å². The van der Waals surface area contributed by atoms with Crippen LogP contribution < -0.4 is 16.0 Å². The molecular weight excluding hydrogens is 660 g/mol. The Kier molecular flexibility index (Phi) is 10.5.